The second-order valence-electron chi connectivity index (χ2n) is 9.76. The zero-order valence-corrected chi connectivity index (χ0v) is 24.5. The van der Waals surface area contributed by atoms with Crippen LogP contribution in [0.1, 0.15) is 78.1 Å². The molecule has 1 aliphatic rings. The number of ketones is 1. The van der Waals surface area contributed by atoms with Gasteiger partial charge in [-0.3, -0.25) is 25.0 Å². The second-order valence-corrected chi connectivity index (χ2v) is 9.76. The molecule has 1 saturated heterocycles. The summed E-state index contributed by atoms with van der Waals surface area (Å²) < 4.78 is 15.6. The number of carbonyl (C=O) groups is 5. The van der Waals surface area contributed by atoms with Crippen LogP contribution in [-0.2, 0) is 38.2 Å². The lowest BCUT2D eigenvalue weighted by atomic mass is 10.1. The molecule has 0 saturated carbocycles. The number of amides is 3. The van der Waals surface area contributed by atoms with Crippen LogP contribution >= 0.6 is 0 Å². The van der Waals surface area contributed by atoms with Crippen LogP contribution in [0.4, 0.5) is 4.79 Å². The smallest absolute Gasteiger partial charge is 0.360 e. The Morgan fingerprint density at radius 1 is 0.780 bits per heavy atom. The maximum atomic E-state index is 12.8. The summed E-state index contributed by atoms with van der Waals surface area (Å²) in [5, 5.41) is 6.78. The van der Waals surface area contributed by atoms with E-state index < -0.39 is 49.2 Å². The van der Waals surface area contributed by atoms with E-state index in [-0.39, 0.29) is 13.0 Å². The van der Waals surface area contributed by atoms with Gasteiger partial charge >= 0.3 is 18.0 Å². The van der Waals surface area contributed by atoms with E-state index in [4.69, 9.17) is 19.0 Å². The van der Waals surface area contributed by atoms with E-state index in [9.17, 15) is 24.0 Å². The third-order valence-electron chi connectivity index (χ3n) is 5.75. The van der Waals surface area contributed by atoms with E-state index in [0.29, 0.717) is 47.8 Å². The van der Waals surface area contributed by atoms with E-state index in [1.807, 2.05) is 0 Å². The van der Waals surface area contributed by atoms with E-state index in [0.717, 1.165) is 51.6 Å². The fraction of sp³-hybridized carbons (Fsp3) is 0.679. The molecule has 13 heteroatoms. The summed E-state index contributed by atoms with van der Waals surface area (Å²) in [6, 6.07) is -1.04. The molecule has 1 heterocycles. The highest BCUT2D eigenvalue weighted by atomic mass is 16.7. The van der Waals surface area contributed by atoms with Gasteiger partial charge in [0.05, 0.1) is 24.5 Å². The summed E-state index contributed by atoms with van der Waals surface area (Å²) >= 11 is 0. The monoisotopic (exact) mass is 582 g/mol. The minimum Gasteiger partial charge on any atom is -0.484 e. The Bertz CT molecular complexity index is 894. The van der Waals surface area contributed by atoms with Gasteiger partial charge in [-0.05, 0) is 52.6 Å². The molecule has 0 atom stereocenters. The van der Waals surface area contributed by atoms with Crippen molar-refractivity contribution in [1.29, 1.82) is 0 Å². The Kier molecular flexibility index (Phi) is 18.5. The molecule has 0 aromatic heterocycles. The molecule has 1 rings (SSSR count). The van der Waals surface area contributed by atoms with E-state index in [2.05, 4.69) is 23.8 Å². The molecule has 3 amide bonds. The minimum atomic E-state index is -1.04. The molecule has 41 heavy (non-hydrogen) atoms. The Morgan fingerprint density at radius 3 is 1.93 bits per heavy atom. The number of ether oxygens (including phenoxy) is 3. The molecular formula is C28H46N4O9. The van der Waals surface area contributed by atoms with Crippen LogP contribution in [0.15, 0.2) is 24.7 Å². The Labute approximate surface area is 242 Å². The zero-order valence-electron chi connectivity index (χ0n) is 24.5. The summed E-state index contributed by atoms with van der Waals surface area (Å²) in [6.07, 6.45) is 5.83. The van der Waals surface area contributed by atoms with Crippen LogP contribution in [0, 0.1) is 0 Å². The first-order valence-corrected chi connectivity index (χ1v) is 14.1. The summed E-state index contributed by atoms with van der Waals surface area (Å²) in [4.78, 5) is 67.6. The average molecular weight is 583 g/mol. The van der Waals surface area contributed by atoms with Crippen LogP contribution in [0.3, 0.4) is 0 Å². The van der Waals surface area contributed by atoms with Gasteiger partial charge in [-0.25, -0.2) is 14.5 Å². The van der Waals surface area contributed by atoms with Crippen molar-refractivity contribution in [2.75, 3.05) is 46.2 Å². The molecule has 232 valence electrons. The van der Waals surface area contributed by atoms with Gasteiger partial charge in [0.2, 0.25) is 5.91 Å². The number of hydrogen-bond donors (Lipinski definition) is 2. The van der Waals surface area contributed by atoms with Crippen molar-refractivity contribution in [3.05, 3.63) is 24.7 Å². The Hall–Kier alpha value is -3.45. The third-order valence-corrected chi connectivity index (χ3v) is 5.75. The van der Waals surface area contributed by atoms with Crippen molar-refractivity contribution in [3.63, 3.8) is 0 Å². The largest absolute Gasteiger partial charge is 0.484 e. The van der Waals surface area contributed by atoms with Crippen molar-refractivity contribution in [1.82, 2.24) is 20.6 Å². The topological polar surface area (TPSA) is 153 Å². The molecule has 0 spiro atoms. The number of hydroxylamine groups is 2. The van der Waals surface area contributed by atoms with Gasteiger partial charge in [0.25, 0.3) is 0 Å². The number of carbonyl (C=O) groups excluding carboxylic acids is 5. The van der Waals surface area contributed by atoms with Gasteiger partial charge in [0.1, 0.15) is 26.6 Å². The molecule has 0 aromatic carbocycles. The summed E-state index contributed by atoms with van der Waals surface area (Å²) in [7, 11) is 0. The first-order chi connectivity index (χ1) is 19.6. The van der Waals surface area contributed by atoms with Crippen LogP contribution in [0.25, 0.3) is 0 Å². The van der Waals surface area contributed by atoms with Crippen molar-refractivity contribution in [2.45, 2.75) is 78.1 Å². The van der Waals surface area contributed by atoms with Gasteiger partial charge in [-0.1, -0.05) is 38.8 Å². The summed E-state index contributed by atoms with van der Waals surface area (Å²) in [6.45, 7) is 12.1. The molecule has 13 nitrogen and oxygen atoms in total. The molecule has 0 radical (unpaired) electrons. The maximum absolute atomic E-state index is 12.8. The number of nitrogens with one attached hydrogen (secondary N) is 2. The molecular weight excluding hydrogens is 536 g/mol. The standard InChI is InChI=1S/C28H46N4O9/c1-22(2)39-20-29-14-10-6-5-9-13-26(35)41-32-18-24(33)17-25(34)31(28(32)37)19-27(36)38-16-12-8-7-11-15-30-21-40-23(3)4/h29-30H,1,3,5-21H2,2,4H3. The van der Waals surface area contributed by atoms with Crippen molar-refractivity contribution in [3.8, 4) is 0 Å². The van der Waals surface area contributed by atoms with Crippen LogP contribution in [0.2, 0.25) is 0 Å². The van der Waals surface area contributed by atoms with Crippen LogP contribution in [-0.4, -0.2) is 85.9 Å². The lowest BCUT2D eigenvalue weighted by Crippen LogP contribution is -2.47. The van der Waals surface area contributed by atoms with Crippen LogP contribution in [0.5, 0.6) is 0 Å². The maximum Gasteiger partial charge on any atom is 0.360 e. The molecule has 1 aliphatic heterocycles. The number of unbranched alkanes of at least 4 members (excludes halogenated alkanes) is 6. The van der Waals surface area contributed by atoms with E-state index >= 15 is 0 Å². The number of Topliss-reactive ketones (excluding diaryl/α,β-unsaturated/α-hetero) is 1. The van der Waals surface area contributed by atoms with Gasteiger partial charge in [0, 0.05) is 6.42 Å². The highest BCUT2D eigenvalue weighted by molar-refractivity contribution is 6.09. The van der Waals surface area contributed by atoms with E-state index in [1.165, 1.54) is 0 Å². The highest BCUT2D eigenvalue weighted by Crippen LogP contribution is 2.12. The molecule has 0 bridgehead atoms. The van der Waals surface area contributed by atoms with Crippen molar-refractivity contribution in [2.24, 2.45) is 0 Å². The Balaban J connectivity index is 2.32. The number of nitrogens with zero attached hydrogens (tertiary/aromatic N) is 2. The highest BCUT2D eigenvalue weighted by Gasteiger charge is 2.37. The lowest BCUT2D eigenvalue weighted by molar-refractivity contribution is -0.179. The molecule has 1 fully saturated rings. The predicted octanol–water partition coefficient (Wildman–Crippen LogP) is 2.92. The zero-order chi connectivity index (χ0) is 30.5. The van der Waals surface area contributed by atoms with Gasteiger partial charge in [-0.2, -0.15) is 0 Å². The molecule has 0 aliphatic carbocycles. The first-order valence-electron chi connectivity index (χ1n) is 14.1. The van der Waals surface area contributed by atoms with Crippen molar-refractivity contribution < 1.29 is 43.0 Å². The summed E-state index contributed by atoms with van der Waals surface area (Å²) in [5.41, 5.74) is 0. The lowest BCUT2D eigenvalue weighted by Gasteiger charge is -2.23. The summed E-state index contributed by atoms with van der Waals surface area (Å²) in [5.74, 6) is -1.64. The number of rotatable bonds is 23. The van der Waals surface area contributed by atoms with Crippen LogP contribution < -0.4 is 10.6 Å². The number of esters is 1. The predicted molar refractivity (Wildman–Crippen MR) is 150 cm³/mol. The van der Waals surface area contributed by atoms with Gasteiger partial charge in [-0.15, -0.1) is 5.06 Å². The average Bonchev–Trinajstić information content (AvgIpc) is 2.99. The minimum absolute atomic E-state index is 0.0402. The molecule has 0 aromatic rings. The number of urea groups is 1. The second kappa shape index (κ2) is 21.3. The fourth-order valence-electron chi connectivity index (χ4n) is 3.62. The first kappa shape index (κ1) is 35.6. The SMILES string of the molecule is C=C(C)OCNCCCCCCOC(=O)CN1C(=O)CC(=O)CN(OC(=O)CCCCCCNCOC(=C)C)C1=O. The van der Waals surface area contributed by atoms with Gasteiger partial charge in [0.15, 0.2) is 5.78 Å². The normalized spacial score (nSPS) is 13.6. The molecule has 0 unspecified atom stereocenters. The third kappa shape index (κ3) is 17.8. The number of hydrogen-bond acceptors (Lipinski definition) is 11. The molecule has 2 N–H and O–H groups in total. The number of imide groups is 1. The number of allylic oxidation sites excluding steroid dienone is 2. The fourth-order valence-corrected chi connectivity index (χ4v) is 3.62. The van der Waals surface area contributed by atoms with Crippen molar-refractivity contribution >= 4 is 29.7 Å². The quantitative estimate of drug-likeness (QED) is 0.0601. The van der Waals surface area contributed by atoms with E-state index in [1.54, 1.807) is 13.8 Å². The van der Waals surface area contributed by atoms with Gasteiger partial charge < -0.3 is 19.0 Å². The Morgan fingerprint density at radius 2 is 1.34 bits per heavy atom.